The van der Waals surface area contributed by atoms with Gasteiger partial charge in [-0.2, -0.15) is 0 Å². The highest BCUT2D eigenvalue weighted by atomic mass is 79.9. The van der Waals surface area contributed by atoms with Gasteiger partial charge in [-0.15, -0.1) is 0 Å². The van der Waals surface area contributed by atoms with Gasteiger partial charge in [0.1, 0.15) is 10.6 Å². The Bertz CT molecular complexity index is 750. The van der Waals surface area contributed by atoms with Crippen LogP contribution in [0.25, 0.3) is 0 Å². The van der Waals surface area contributed by atoms with Gasteiger partial charge in [-0.25, -0.2) is 8.42 Å². The van der Waals surface area contributed by atoms with Crippen LogP contribution in [-0.4, -0.2) is 15.0 Å². The van der Waals surface area contributed by atoms with E-state index < -0.39 is 10.0 Å². The van der Waals surface area contributed by atoms with Crippen molar-refractivity contribution in [3.05, 3.63) is 52.0 Å². The van der Waals surface area contributed by atoms with Crippen LogP contribution < -0.4 is 9.46 Å². The number of hydrogen-bond donors (Lipinski definition) is 1. The Kier molecular flexibility index (Phi) is 5.13. The molecule has 2 aromatic carbocycles. The SMILES string of the molecule is CCOc1ccc(Cl)cc1S(=O)(=O)Nc1ccccc1Br. The van der Waals surface area contributed by atoms with Gasteiger partial charge in [0, 0.05) is 9.50 Å². The van der Waals surface area contributed by atoms with Crippen LogP contribution in [0.5, 0.6) is 5.75 Å². The molecule has 0 aliphatic carbocycles. The minimum atomic E-state index is -3.80. The van der Waals surface area contributed by atoms with Crippen LogP contribution >= 0.6 is 27.5 Å². The molecule has 0 radical (unpaired) electrons. The van der Waals surface area contributed by atoms with Crippen molar-refractivity contribution in [3.63, 3.8) is 0 Å². The molecule has 21 heavy (non-hydrogen) atoms. The molecule has 0 amide bonds. The number of para-hydroxylation sites is 1. The minimum Gasteiger partial charge on any atom is -0.492 e. The summed E-state index contributed by atoms with van der Waals surface area (Å²) in [6, 6.07) is 11.4. The molecule has 0 heterocycles. The molecule has 0 atom stereocenters. The Balaban J connectivity index is 2.44. The lowest BCUT2D eigenvalue weighted by atomic mass is 10.3. The van der Waals surface area contributed by atoms with E-state index in [2.05, 4.69) is 20.7 Å². The summed E-state index contributed by atoms with van der Waals surface area (Å²) in [5.74, 6) is 0.265. The van der Waals surface area contributed by atoms with Gasteiger partial charge in [0.25, 0.3) is 10.0 Å². The van der Waals surface area contributed by atoms with Crippen LogP contribution in [0.15, 0.2) is 51.8 Å². The van der Waals surface area contributed by atoms with Gasteiger partial charge in [-0.1, -0.05) is 23.7 Å². The first kappa shape index (κ1) is 16.1. The van der Waals surface area contributed by atoms with Crippen molar-refractivity contribution in [2.45, 2.75) is 11.8 Å². The number of nitrogens with one attached hydrogen (secondary N) is 1. The summed E-state index contributed by atoms with van der Waals surface area (Å²) in [4.78, 5) is 0.00704. The lowest BCUT2D eigenvalue weighted by Gasteiger charge is -2.13. The number of rotatable bonds is 5. The van der Waals surface area contributed by atoms with Crippen LogP contribution in [0.4, 0.5) is 5.69 Å². The van der Waals surface area contributed by atoms with Gasteiger partial charge in [-0.05, 0) is 53.2 Å². The predicted molar refractivity (Wildman–Crippen MR) is 87.6 cm³/mol. The normalized spacial score (nSPS) is 11.2. The molecule has 1 N–H and O–H groups in total. The maximum absolute atomic E-state index is 12.5. The monoisotopic (exact) mass is 389 g/mol. The third-order valence-corrected chi connectivity index (χ3v) is 4.93. The Labute approximate surface area is 137 Å². The molecule has 2 aromatic rings. The van der Waals surface area contributed by atoms with E-state index in [1.165, 1.54) is 6.07 Å². The van der Waals surface area contributed by atoms with E-state index in [1.54, 1.807) is 43.3 Å². The van der Waals surface area contributed by atoms with E-state index in [0.29, 0.717) is 21.8 Å². The highest BCUT2D eigenvalue weighted by molar-refractivity contribution is 9.10. The predicted octanol–water partition coefficient (Wildman–Crippen LogP) is 4.30. The third-order valence-electron chi connectivity index (χ3n) is 2.61. The summed E-state index contributed by atoms with van der Waals surface area (Å²) in [6.45, 7) is 2.14. The van der Waals surface area contributed by atoms with Gasteiger partial charge < -0.3 is 4.74 Å². The summed E-state index contributed by atoms with van der Waals surface area (Å²) < 4.78 is 33.6. The van der Waals surface area contributed by atoms with Gasteiger partial charge in [0.2, 0.25) is 0 Å². The lowest BCUT2D eigenvalue weighted by Crippen LogP contribution is -2.15. The fourth-order valence-corrected chi connectivity index (χ4v) is 3.71. The van der Waals surface area contributed by atoms with Gasteiger partial charge in [0.15, 0.2) is 0 Å². The third kappa shape index (κ3) is 3.90. The maximum Gasteiger partial charge on any atom is 0.265 e. The lowest BCUT2D eigenvalue weighted by molar-refractivity contribution is 0.331. The smallest absolute Gasteiger partial charge is 0.265 e. The average molecular weight is 391 g/mol. The first-order valence-electron chi connectivity index (χ1n) is 6.13. The molecular formula is C14H13BrClNO3S. The zero-order valence-corrected chi connectivity index (χ0v) is 14.3. The molecule has 0 saturated heterocycles. The number of hydrogen-bond acceptors (Lipinski definition) is 3. The van der Waals surface area contributed by atoms with E-state index >= 15 is 0 Å². The number of benzene rings is 2. The molecule has 0 aliphatic rings. The topological polar surface area (TPSA) is 55.4 Å². The maximum atomic E-state index is 12.5. The molecule has 0 fully saturated rings. The Morgan fingerprint density at radius 3 is 2.62 bits per heavy atom. The summed E-state index contributed by atoms with van der Waals surface area (Å²) in [5.41, 5.74) is 0.444. The Morgan fingerprint density at radius 1 is 1.24 bits per heavy atom. The Hall–Kier alpha value is -1.24. The van der Waals surface area contributed by atoms with Crippen LogP contribution in [-0.2, 0) is 10.0 Å². The van der Waals surface area contributed by atoms with Crippen LogP contribution in [0.3, 0.4) is 0 Å². The summed E-state index contributed by atoms with van der Waals surface area (Å²) >= 11 is 9.20. The molecule has 0 aliphatic heterocycles. The molecular weight excluding hydrogens is 378 g/mol. The number of sulfonamides is 1. The molecule has 0 unspecified atom stereocenters. The molecule has 4 nitrogen and oxygen atoms in total. The van der Waals surface area contributed by atoms with Crippen molar-refractivity contribution in [2.75, 3.05) is 11.3 Å². The molecule has 7 heteroatoms. The highest BCUT2D eigenvalue weighted by Crippen LogP contribution is 2.30. The molecule has 0 aromatic heterocycles. The second-order valence-corrected chi connectivity index (χ2v) is 7.05. The van der Waals surface area contributed by atoms with Crippen LogP contribution in [0.2, 0.25) is 5.02 Å². The Morgan fingerprint density at radius 2 is 1.95 bits per heavy atom. The zero-order valence-electron chi connectivity index (χ0n) is 11.1. The van der Waals surface area contributed by atoms with E-state index in [0.717, 1.165) is 0 Å². The molecule has 0 saturated carbocycles. The van der Waals surface area contributed by atoms with E-state index in [4.69, 9.17) is 16.3 Å². The zero-order chi connectivity index (χ0) is 15.5. The molecule has 112 valence electrons. The van der Waals surface area contributed by atoms with E-state index in [-0.39, 0.29) is 10.6 Å². The van der Waals surface area contributed by atoms with Gasteiger partial charge in [0.05, 0.1) is 12.3 Å². The largest absolute Gasteiger partial charge is 0.492 e. The van der Waals surface area contributed by atoms with Crippen LogP contribution in [0.1, 0.15) is 6.92 Å². The van der Waals surface area contributed by atoms with Crippen molar-refractivity contribution in [1.82, 2.24) is 0 Å². The summed E-state index contributed by atoms with van der Waals surface area (Å²) in [5, 5.41) is 0.325. The first-order valence-corrected chi connectivity index (χ1v) is 8.79. The van der Waals surface area contributed by atoms with E-state index in [1.807, 2.05) is 0 Å². The number of halogens is 2. The quantitative estimate of drug-likeness (QED) is 0.828. The van der Waals surface area contributed by atoms with Crippen molar-refractivity contribution < 1.29 is 13.2 Å². The summed E-state index contributed by atoms with van der Waals surface area (Å²) in [6.07, 6.45) is 0. The van der Waals surface area contributed by atoms with Crippen molar-refractivity contribution in [3.8, 4) is 5.75 Å². The standard InChI is InChI=1S/C14H13BrClNO3S/c1-2-20-13-8-7-10(16)9-14(13)21(18,19)17-12-6-4-3-5-11(12)15/h3-9,17H,2H2,1H3. The number of ether oxygens (including phenoxy) is 1. The van der Waals surface area contributed by atoms with Crippen molar-refractivity contribution in [1.29, 1.82) is 0 Å². The second kappa shape index (κ2) is 6.68. The van der Waals surface area contributed by atoms with Gasteiger partial charge in [-0.3, -0.25) is 4.72 Å². The van der Waals surface area contributed by atoms with Crippen molar-refractivity contribution in [2.24, 2.45) is 0 Å². The second-order valence-electron chi connectivity index (χ2n) is 4.11. The molecule has 0 spiro atoms. The van der Waals surface area contributed by atoms with Crippen LogP contribution in [0, 0.1) is 0 Å². The molecule has 0 bridgehead atoms. The molecule has 2 rings (SSSR count). The highest BCUT2D eigenvalue weighted by Gasteiger charge is 2.21. The number of anilines is 1. The minimum absolute atomic E-state index is 0.00704. The average Bonchev–Trinajstić information content (AvgIpc) is 2.43. The van der Waals surface area contributed by atoms with E-state index in [9.17, 15) is 8.42 Å². The first-order chi connectivity index (χ1) is 9.94. The fourth-order valence-electron chi connectivity index (χ4n) is 1.71. The van der Waals surface area contributed by atoms with Gasteiger partial charge >= 0.3 is 0 Å². The summed E-state index contributed by atoms with van der Waals surface area (Å²) in [7, 11) is -3.80. The van der Waals surface area contributed by atoms with Crippen molar-refractivity contribution >= 4 is 43.2 Å². The fraction of sp³-hybridized carbons (Fsp3) is 0.143.